The van der Waals surface area contributed by atoms with Gasteiger partial charge in [0.15, 0.2) is 5.11 Å². The average molecular weight is 273 g/mol. The second kappa shape index (κ2) is 7.21. The highest BCUT2D eigenvalue weighted by atomic mass is 32.1. The van der Waals surface area contributed by atoms with E-state index < -0.39 is 0 Å². The van der Waals surface area contributed by atoms with Gasteiger partial charge >= 0.3 is 0 Å². The van der Waals surface area contributed by atoms with Crippen LogP contribution in [0.25, 0.3) is 0 Å². The maximum Gasteiger partial charge on any atom is 0.279 e. The fraction of sp³-hybridized carbons (Fsp3) is 0.400. The third kappa shape index (κ3) is 5.62. The number of hydrogen-bond acceptors (Lipinski definition) is 3. The molecule has 17 heavy (non-hydrogen) atoms. The standard InChI is InChI=1S/C10H16N4OS2/c1-14(2)6-5-11-10(16)13-12-9(15)8-4-3-7-17-8/h3-4,7H,5-6H2,1-2H3,(H,12,15)(H2,11,13,16)/p+1. The second-order valence-corrected chi connectivity index (χ2v) is 5.13. The van der Waals surface area contributed by atoms with Crippen LogP contribution in [0, 0.1) is 0 Å². The average Bonchev–Trinajstić information content (AvgIpc) is 2.78. The summed E-state index contributed by atoms with van der Waals surface area (Å²) < 4.78 is 0. The van der Waals surface area contributed by atoms with E-state index in [1.165, 1.54) is 16.2 Å². The highest BCUT2D eigenvalue weighted by molar-refractivity contribution is 7.80. The van der Waals surface area contributed by atoms with Crippen molar-refractivity contribution >= 4 is 34.6 Å². The van der Waals surface area contributed by atoms with E-state index in [2.05, 4.69) is 30.3 Å². The number of hydrazine groups is 1. The van der Waals surface area contributed by atoms with E-state index >= 15 is 0 Å². The maximum absolute atomic E-state index is 11.5. The summed E-state index contributed by atoms with van der Waals surface area (Å²) in [4.78, 5) is 13.5. The van der Waals surface area contributed by atoms with Crippen molar-refractivity contribution in [3.63, 3.8) is 0 Å². The van der Waals surface area contributed by atoms with Gasteiger partial charge in [-0.05, 0) is 23.7 Å². The molecule has 5 nitrogen and oxygen atoms in total. The number of amides is 1. The summed E-state index contributed by atoms with van der Waals surface area (Å²) in [5, 5.41) is 5.28. The molecule has 0 aliphatic rings. The van der Waals surface area contributed by atoms with Crippen molar-refractivity contribution in [1.82, 2.24) is 16.2 Å². The minimum Gasteiger partial charge on any atom is -0.356 e. The SMILES string of the molecule is C[NH+](C)CCNC(=S)NNC(=O)c1cccs1. The third-order valence-electron chi connectivity index (χ3n) is 1.95. The van der Waals surface area contributed by atoms with Gasteiger partial charge in [-0.2, -0.15) is 0 Å². The Hall–Kier alpha value is -1.18. The summed E-state index contributed by atoms with van der Waals surface area (Å²) in [6.07, 6.45) is 0. The molecular formula is C10H17N4OS2+. The van der Waals surface area contributed by atoms with Crippen molar-refractivity contribution in [3.8, 4) is 0 Å². The Morgan fingerprint density at radius 1 is 1.47 bits per heavy atom. The predicted octanol–water partition coefficient (Wildman–Crippen LogP) is -0.998. The molecule has 0 saturated carbocycles. The van der Waals surface area contributed by atoms with Gasteiger partial charge in [-0.25, -0.2) is 0 Å². The van der Waals surface area contributed by atoms with Crippen LogP contribution in [-0.2, 0) is 0 Å². The number of carbonyl (C=O) groups is 1. The monoisotopic (exact) mass is 273 g/mol. The van der Waals surface area contributed by atoms with Gasteiger partial charge in [0.05, 0.1) is 32.1 Å². The van der Waals surface area contributed by atoms with Gasteiger partial charge in [-0.3, -0.25) is 15.6 Å². The zero-order chi connectivity index (χ0) is 12.7. The van der Waals surface area contributed by atoms with Crippen molar-refractivity contribution in [2.75, 3.05) is 27.2 Å². The van der Waals surface area contributed by atoms with Crippen LogP contribution in [0.2, 0.25) is 0 Å². The molecule has 0 spiro atoms. The van der Waals surface area contributed by atoms with Gasteiger partial charge < -0.3 is 10.2 Å². The first-order valence-electron chi connectivity index (χ1n) is 5.26. The molecule has 1 amide bonds. The number of nitrogens with one attached hydrogen (secondary N) is 4. The molecular weight excluding hydrogens is 256 g/mol. The van der Waals surface area contributed by atoms with Gasteiger partial charge in [-0.15, -0.1) is 11.3 Å². The second-order valence-electron chi connectivity index (χ2n) is 3.77. The molecule has 0 aliphatic heterocycles. The third-order valence-corrected chi connectivity index (χ3v) is 3.06. The molecule has 0 atom stereocenters. The highest BCUT2D eigenvalue weighted by Crippen LogP contribution is 2.06. The fourth-order valence-corrected chi connectivity index (χ4v) is 1.83. The minimum absolute atomic E-state index is 0.178. The van der Waals surface area contributed by atoms with E-state index in [4.69, 9.17) is 12.2 Å². The van der Waals surface area contributed by atoms with Crippen molar-refractivity contribution in [2.24, 2.45) is 0 Å². The number of thiocarbonyl (C=S) groups is 1. The van der Waals surface area contributed by atoms with Crippen molar-refractivity contribution in [3.05, 3.63) is 22.4 Å². The number of hydrogen-bond donors (Lipinski definition) is 4. The summed E-state index contributed by atoms with van der Waals surface area (Å²) >= 11 is 6.40. The van der Waals surface area contributed by atoms with Crippen molar-refractivity contribution in [1.29, 1.82) is 0 Å². The molecule has 0 unspecified atom stereocenters. The van der Waals surface area contributed by atoms with E-state index in [0.717, 1.165) is 13.1 Å². The van der Waals surface area contributed by atoms with Crippen LogP contribution < -0.4 is 21.1 Å². The molecule has 1 aromatic heterocycles. The van der Waals surface area contributed by atoms with Crippen LogP contribution in [0.4, 0.5) is 0 Å². The first kappa shape index (κ1) is 13.9. The molecule has 0 saturated heterocycles. The Morgan fingerprint density at radius 3 is 2.82 bits per heavy atom. The van der Waals surface area contributed by atoms with Gasteiger partial charge in [0.25, 0.3) is 5.91 Å². The first-order valence-corrected chi connectivity index (χ1v) is 6.55. The molecule has 94 valence electrons. The van der Waals surface area contributed by atoms with Crippen LogP contribution in [0.5, 0.6) is 0 Å². The lowest BCUT2D eigenvalue weighted by Crippen LogP contribution is -3.06. The lowest BCUT2D eigenvalue weighted by molar-refractivity contribution is -0.856. The van der Waals surface area contributed by atoms with Crippen LogP contribution in [-0.4, -0.2) is 38.2 Å². The molecule has 1 rings (SSSR count). The molecule has 1 heterocycles. The van der Waals surface area contributed by atoms with E-state index in [1.54, 1.807) is 6.07 Å². The zero-order valence-electron chi connectivity index (χ0n) is 9.87. The van der Waals surface area contributed by atoms with E-state index in [0.29, 0.717) is 9.99 Å². The molecule has 0 aromatic carbocycles. The van der Waals surface area contributed by atoms with Gasteiger partial charge in [0, 0.05) is 0 Å². The smallest absolute Gasteiger partial charge is 0.279 e. The minimum atomic E-state index is -0.178. The molecule has 4 N–H and O–H groups in total. The van der Waals surface area contributed by atoms with Crippen molar-refractivity contribution in [2.45, 2.75) is 0 Å². The maximum atomic E-state index is 11.5. The number of carbonyl (C=O) groups excluding carboxylic acids is 1. The summed E-state index contributed by atoms with van der Waals surface area (Å²) in [7, 11) is 4.13. The lowest BCUT2D eigenvalue weighted by Gasteiger charge is -2.12. The quantitative estimate of drug-likeness (QED) is 0.420. The Labute approximate surface area is 110 Å². The molecule has 0 radical (unpaired) electrons. The molecule has 0 fully saturated rings. The Kier molecular flexibility index (Phi) is 5.88. The van der Waals surface area contributed by atoms with Gasteiger partial charge in [-0.1, -0.05) is 6.07 Å². The van der Waals surface area contributed by atoms with Gasteiger partial charge in [0.2, 0.25) is 0 Å². The number of likely N-dealkylation sites (N-methyl/N-ethyl adjacent to an activating group) is 1. The molecule has 1 aromatic rings. The summed E-state index contributed by atoms with van der Waals surface area (Å²) in [5.74, 6) is -0.178. The normalized spacial score (nSPS) is 10.1. The number of thiophene rings is 1. The highest BCUT2D eigenvalue weighted by Gasteiger charge is 2.05. The van der Waals surface area contributed by atoms with Crippen LogP contribution in [0.1, 0.15) is 9.67 Å². The number of quaternary nitrogens is 1. The van der Waals surface area contributed by atoms with Crippen LogP contribution in [0.15, 0.2) is 17.5 Å². The first-order chi connectivity index (χ1) is 8.09. The predicted molar refractivity (Wildman–Crippen MR) is 73.2 cm³/mol. The van der Waals surface area contributed by atoms with Gasteiger partial charge in [0.1, 0.15) is 0 Å². The lowest BCUT2D eigenvalue weighted by atomic mass is 10.4. The summed E-state index contributed by atoms with van der Waals surface area (Å²) in [6.45, 7) is 1.73. The Morgan fingerprint density at radius 2 is 2.24 bits per heavy atom. The summed E-state index contributed by atoms with van der Waals surface area (Å²) in [6, 6.07) is 3.59. The van der Waals surface area contributed by atoms with E-state index in [1.807, 2.05) is 11.4 Å². The molecule has 0 bridgehead atoms. The Bertz CT molecular complexity index is 364. The summed E-state index contributed by atoms with van der Waals surface area (Å²) in [5.41, 5.74) is 5.20. The van der Waals surface area contributed by atoms with Crippen molar-refractivity contribution < 1.29 is 9.69 Å². The van der Waals surface area contributed by atoms with E-state index in [9.17, 15) is 4.79 Å². The topological polar surface area (TPSA) is 57.6 Å². The molecule has 0 aliphatic carbocycles. The van der Waals surface area contributed by atoms with Crippen LogP contribution >= 0.6 is 23.6 Å². The fourth-order valence-electron chi connectivity index (χ4n) is 1.05. The number of rotatable bonds is 4. The largest absolute Gasteiger partial charge is 0.356 e. The molecule has 7 heteroatoms. The Balaban J connectivity index is 2.18. The zero-order valence-corrected chi connectivity index (χ0v) is 11.5. The van der Waals surface area contributed by atoms with Crippen LogP contribution in [0.3, 0.4) is 0 Å². The van der Waals surface area contributed by atoms with E-state index in [-0.39, 0.29) is 5.91 Å².